The molecule has 3 aromatic rings. The second-order valence-electron chi connectivity index (χ2n) is 6.90. The van der Waals surface area contributed by atoms with Gasteiger partial charge < -0.3 is 20.1 Å². The summed E-state index contributed by atoms with van der Waals surface area (Å²) in [5.41, 5.74) is 3.61. The molecule has 3 aromatic carbocycles. The van der Waals surface area contributed by atoms with Gasteiger partial charge in [0.15, 0.2) is 0 Å². The number of ether oxygens (including phenoxy) is 2. The van der Waals surface area contributed by atoms with Gasteiger partial charge in [0.25, 0.3) is 11.8 Å². The SMILES string of the molecule is COc1cc(C(=O)NCc2cccc(NC(=O)c3ccc(C)cc3)c2)cc(OC)c1Br. The Morgan fingerprint density at radius 3 is 2.13 bits per heavy atom. The van der Waals surface area contributed by atoms with Gasteiger partial charge in [-0.05, 0) is 64.8 Å². The van der Waals surface area contributed by atoms with Gasteiger partial charge in [0.1, 0.15) is 16.0 Å². The summed E-state index contributed by atoms with van der Waals surface area (Å²) in [5, 5.41) is 5.76. The number of hydrogen-bond acceptors (Lipinski definition) is 4. The van der Waals surface area contributed by atoms with Crippen molar-refractivity contribution in [1.82, 2.24) is 5.32 Å². The molecule has 0 fully saturated rings. The van der Waals surface area contributed by atoms with Crippen LogP contribution >= 0.6 is 15.9 Å². The maximum absolute atomic E-state index is 12.6. The van der Waals surface area contributed by atoms with E-state index in [1.807, 2.05) is 43.3 Å². The summed E-state index contributed by atoms with van der Waals surface area (Å²) in [6.07, 6.45) is 0. The molecule has 0 radical (unpaired) electrons. The summed E-state index contributed by atoms with van der Waals surface area (Å²) in [7, 11) is 3.05. The molecule has 160 valence electrons. The van der Waals surface area contributed by atoms with Crippen LogP contribution in [0.2, 0.25) is 0 Å². The fraction of sp³-hybridized carbons (Fsp3) is 0.167. The number of hydrogen-bond donors (Lipinski definition) is 2. The zero-order valence-corrected chi connectivity index (χ0v) is 19.1. The number of rotatable bonds is 7. The molecule has 0 aliphatic rings. The van der Waals surface area contributed by atoms with Gasteiger partial charge in [0, 0.05) is 23.4 Å². The smallest absolute Gasteiger partial charge is 0.255 e. The quantitative estimate of drug-likeness (QED) is 0.498. The van der Waals surface area contributed by atoms with Gasteiger partial charge in [0.05, 0.1) is 14.2 Å². The van der Waals surface area contributed by atoms with E-state index in [0.717, 1.165) is 11.1 Å². The van der Waals surface area contributed by atoms with E-state index in [2.05, 4.69) is 26.6 Å². The first-order valence-corrected chi connectivity index (χ1v) is 10.4. The van der Waals surface area contributed by atoms with Crippen LogP contribution in [-0.4, -0.2) is 26.0 Å². The van der Waals surface area contributed by atoms with Crippen molar-refractivity contribution in [2.24, 2.45) is 0 Å². The number of anilines is 1. The molecule has 2 amide bonds. The van der Waals surface area contributed by atoms with Crippen LogP contribution in [0.5, 0.6) is 11.5 Å². The highest BCUT2D eigenvalue weighted by molar-refractivity contribution is 9.10. The summed E-state index contributed by atoms with van der Waals surface area (Å²) in [6.45, 7) is 2.27. The Bertz CT molecular complexity index is 1070. The molecule has 6 nitrogen and oxygen atoms in total. The minimum absolute atomic E-state index is 0.185. The number of halogens is 1. The largest absolute Gasteiger partial charge is 0.495 e. The van der Waals surface area contributed by atoms with E-state index < -0.39 is 0 Å². The van der Waals surface area contributed by atoms with E-state index in [0.29, 0.717) is 39.3 Å². The summed E-state index contributed by atoms with van der Waals surface area (Å²) in [6, 6.07) is 18.0. The predicted molar refractivity (Wildman–Crippen MR) is 124 cm³/mol. The van der Waals surface area contributed by atoms with Gasteiger partial charge in [-0.1, -0.05) is 29.8 Å². The first-order chi connectivity index (χ1) is 14.9. The molecular formula is C24H23BrN2O4. The topological polar surface area (TPSA) is 76.7 Å². The van der Waals surface area contributed by atoms with Gasteiger partial charge in [-0.25, -0.2) is 0 Å². The molecule has 0 bridgehead atoms. The number of carbonyl (C=O) groups is 2. The van der Waals surface area contributed by atoms with E-state index in [-0.39, 0.29) is 11.8 Å². The first-order valence-electron chi connectivity index (χ1n) is 9.58. The highest BCUT2D eigenvalue weighted by Gasteiger charge is 2.14. The normalized spacial score (nSPS) is 10.3. The average molecular weight is 483 g/mol. The van der Waals surface area contributed by atoms with Crippen LogP contribution in [0.1, 0.15) is 31.8 Å². The summed E-state index contributed by atoms with van der Waals surface area (Å²) < 4.78 is 11.2. The Morgan fingerprint density at radius 2 is 1.52 bits per heavy atom. The molecule has 0 aromatic heterocycles. The molecule has 0 saturated carbocycles. The fourth-order valence-corrected chi connectivity index (χ4v) is 3.50. The highest BCUT2D eigenvalue weighted by Crippen LogP contribution is 2.35. The van der Waals surface area contributed by atoms with E-state index in [4.69, 9.17) is 9.47 Å². The van der Waals surface area contributed by atoms with Crippen LogP contribution in [0, 0.1) is 6.92 Å². The molecule has 0 unspecified atom stereocenters. The third-order valence-corrected chi connectivity index (χ3v) is 5.44. The standard InChI is InChI=1S/C24H23BrN2O4/c1-15-7-9-17(10-8-15)24(29)27-19-6-4-5-16(11-19)14-26-23(28)18-12-20(30-2)22(25)21(13-18)31-3/h4-13H,14H2,1-3H3,(H,26,28)(H,27,29). The van der Waals surface area contributed by atoms with Crippen molar-refractivity contribution in [2.75, 3.05) is 19.5 Å². The van der Waals surface area contributed by atoms with Gasteiger partial charge in [-0.15, -0.1) is 0 Å². The van der Waals surface area contributed by atoms with Crippen molar-refractivity contribution in [3.8, 4) is 11.5 Å². The van der Waals surface area contributed by atoms with Crippen LogP contribution < -0.4 is 20.1 Å². The molecule has 0 atom stereocenters. The van der Waals surface area contributed by atoms with Crippen molar-refractivity contribution < 1.29 is 19.1 Å². The van der Waals surface area contributed by atoms with Gasteiger partial charge in [0.2, 0.25) is 0 Å². The van der Waals surface area contributed by atoms with Crippen LogP contribution in [0.3, 0.4) is 0 Å². The highest BCUT2D eigenvalue weighted by atomic mass is 79.9. The number of methoxy groups -OCH3 is 2. The maximum atomic E-state index is 12.6. The average Bonchev–Trinajstić information content (AvgIpc) is 2.78. The lowest BCUT2D eigenvalue weighted by Gasteiger charge is -2.12. The van der Waals surface area contributed by atoms with Crippen molar-refractivity contribution in [3.63, 3.8) is 0 Å². The second kappa shape index (κ2) is 10.1. The molecule has 0 heterocycles. The molecule has 0 saturated heterocycles. The lowest BCUT2D eigenvalue weighted by atomic mass is 10.1. The van der Waals surface area contributed by atoms with E-state index in [1.165, 1.54) is 14.2 Å². The van der Waals surface area contributed by atoms with Crippen molar-refractivity contribution >= 4 is 33.4 Å². The predicted octanol–water partition coefficient (Wildman–Crippen LogP) is 4.96. The maximum Gasteiger partial charge on any atom is 0.255 e. The van der Waals surface area contributed by atoms with Crippen LogP contribution in [-0.2, 0) is 6.54 Å². The molecular weight excluding hydrogens is 460 g/mol. The van der Waals surface area contributed by atoms with Crippen molar-refractivity contribution in [3.05, 3.63) is 87.4 Å². The molecule has 0 aliphatic heterocycles. The number of amides is 2. The summed E-state index contributed by atoms with van der Waals surface area (Å²) >= 11 is 3.39. The summed E-state index contributed by atoms with van der Waals surface area (Å²) in [5.74, 6) is 0.559. The lowest BCUT2D eigenvalue weighted by molar-refractivity contribution is 0.0949. The van der Waals surface area contributed by atoms with E-state index in [9.17, 15) is 9.59 Å². The number of carbonyl (C=O) groups excluding carboxylic acids is 2. The lowest BCUT2D eigenvalue weighted by Crippen LogP contribution is -2.23. The van der Waals surface area contributed by atoms with Gasteiger partial charge in [-0.2, -0.15) is 0 Å². The second-order valence-corrected chi connectivity index (χ2v) is 7.69. The molecule has 3 rings (SSSR count). The molecule has 31 heavy (non-hydrogen) atoms. The van der Waals surface area contributed by atoms with Gasteiger partial charge >= 0.3 is 0 Å². The minimum Gasteiger partial charge on any atom is -0.495 e. The number of aryl methyl sites for hydroxylation is 1. The Morgan fingerprint density at radius 1 is 0.871 bits per heavy atom. The Balaban J connectivity index is 1.67. The Hall–Kier alpha value is -3.32. The van der Waals surface area contributed by atoms with Gasteiger partial charge in [-0.3, -0.25) is 9.59 Å². The first kappa shape index (κ1) is 22.4. The zero-order chi connectivity index (χ0) is 22.4. The molecule has 7 heteroatoms. The third-order valence-electron chi connectivity index (χ3n) is 4.66. The third kappa shape index (κ3) is 5.64. The minimum atomic E-state index is -0.266. The van der Waals surface area contributed by atoms with E-state index >= 15 is 0 Å². The van der Waals surface area contributed by atoms with Crippen molar-refractivity contribution in [2.45, 2.75) is 13.5 Å². The Kier molecular flexibility index (Phi) is 7.31. The van der Waals surface area contributed by atoms with Crippen LogP contribution in [0.15, 0.2) is 65.1 Å². The molecule has 2 N–H and O–H groups in total. The molecule has 0 aliphatic carbocycles. The molecule has 0 spiro atoms. The van der Waals surface area contributed by atoms with Crippen LogP contribution in [0.25, 0.3) is 0 Å². The fourth-order valence-electron chi connectivity index (χ4n) is 2.95. The Labute approximate surface area is 189 Å². The van der Waals surface area contributed by atoms with Crippen molar-refractivity contribution in [1.29, 1.82) is 0 Å². The summed E-state index contributed by atoms with van der Waals surface area (Å²) in [4.78, 5) is 25.1. The zero-order valence-electron chi connectivity index (χ0n) is 17.5. The number of nitrogens with one attached hydrogen (secondary N) is 2. The van der Waals surface area contributed by atoms with E-state index in [1.54, 1.807) is 24.3 Å². The van der Waals surface area contributed by atoms with Crippen LogP contribution in [0.4, 0.5) is 5.69 Å². The monoisotopic (exact) mass is 482 g/mol. The number of benzene rings is 3.